The molecule has 0 aliphatic carbocycles. The maximum Gasteiger partial charge on any atom is 0.251 e. The predicted molar refractivity (Wildman–Crippen MR) is 103 cm³/mol. The van der Waals surface area contributed by atoms with Gasteiger partial charge in [0.05, 0.1) is 13.2 Å². The molecule has 1 amide bonds. The van der Waals surface area contributed by atoms with Gasteiger partial charge in [-0.05, 0) is 29.2 Å². The number of quaternary nitrogens is 1. The van der Waals surface area contributed by atoms with Gasteiger partial charge in [-0.25, -0.2) is 0 Å². The zero-order valence-electron chi connectivity index (χ0n) is 15.8. The van der Waals surface area contributed by atoms with E-state index in [0.29, 0.717) is 18.0 Å². The summed E-state index contributed by atoms with van der Waals surface area (Å²) < 4.78 is 5.44. The summed E-state index contributed by atoms with van der Waals surface area (Å²) in [4.78, 5) is 14.0. The Morgan fingerprint density at radius 1 is 1.04 bits per heavy atom. The van der Waals surface area contributed by atoms with Crippen molar-refractivity contribution in [3.05, 3.63) is 70.8 Å². The van der Waals surface area contributed by atoms with Crippen molar-refractivity contribution in [2.45, 2.75) is 32.9 Å². The van der Waals surface area contributed by atoms with Gasteiger partial charge in [0.15, 0.2) is 0 Å². The molecule has 0 radical (unpaired) electrons. The van der Waals surface area contributed by atoms with Crippen LogP contribution in [0, 0.1) is 0 Å². The SMILES string of the molecule is CC(C)c1ccc(C(=O)NCc2ccccc2C[NH+]2CCOCC2)cc1. The number of carbonyl (C=O) groups excluding carboxylic acids is 1. The van der Waals surface area contributed by atoms with Crippen molar-refractivity contribution in [1.82, 2.24) is 5.32 Å². The van der Waals surface area contributed by atoms with Crippen LogP contribution in [0.3, 0.4) is 0 Å². The average Bonchev–Trinajstić information content (AvgIpc) is 2.68. The van der Waals surface area contributed by atoms with E-state index in [2.05, 4.69) is 37.4 Å². The second kappa shape index (κ2) is 8.97. The van der Waals surface area contributed by atoms with Gasteiger partial charge in [-0.3, -0.25) is 4.79 Å². The molecule has 2 aromatic rings. The summed E-state index contributed by atoms with van der Waals surface area (Å²) >= 11 is 0. The van der Waals surface area contributed by atoms with Crippen molar-refractivity contribution in [2.24, 2.45) is 0 Å². The third-order valence-corrected chi connectivity index (χ3v) is 5.04. The third kappa shape index (κ3) is 4.93. The highest BCUT2D eigenvalue weighted by Gasteiger charge is 2.16. The first-order valence-electron chi connectivity index (χ1n) is 9.49. The Kier molecular flexibility index (Phi) is 6.42. The molecule has 1 saturated heterocycles. The second-order valence-electron chi connectivity index (χ2n) is 7.27. The molecule has 1 aliphatic rings. The Hall–Kier alpha value is -2.17. The fourth-order valence-corrected chi connectivity index (χ4v) is 3.31. The second-order valence-corrected chi connectivity index (χ2v) is 7.27. The van der Waals surface area contributed by atoms with E-state index < -0.39 is 0 Å². The van der Waals surface area contributed by atoms with Crippen LogP contribution in [0.25, 0.3) is 0 Å². The van der Waals surface area contributed by atoms with Gasteiger partial charge in [0.25, 0.3) is 5.91 Å². The van der Waals surface area contributed by atoms with E-state index in [0.717, 1.165) is 32.8 Å². The molecule has 138 valence electrons. The zero-order valence-corrected chi connectivity index (χ0v) is 15.8. The molecule has 1 heterocycles. The molecule has 0 saturated carbocycles. The van der Waals surface area contributed by atoms with Crippen molar-refractivity contribution >= 4 is 5.91 Å². The van der Waals surface area contributed by atoms with Crippen molar-refractivity contribution in [3.63, 3.8) is 0 Å². The Balaban J connectivity index is 1.61. The van der Waals surface area contributed by atoms with Crippen LogP contribution >= 0.6 is 0 Å². The van der Waals surface area contributed by atoms with Gasteiger partial charge in [-0.1, -0.05) is 50.2 Å². The van der Waals surface area contributed by atoms with Crippen LogP contribution in [0.5, 0.6) is 0 Å². The van der Waals surface area contributed by atoms with E-state index in [1.165, 1.54) is 16.7 Å². The number of hydrogen-bond acceptors (Lipinski definition) is 2. The fraction of sp³-hybridized carbons (Fsp3) is 0.409. The van der Waals surface area contributed by atoms with E-state index in [4.69, 9.17) is 4.74 Å². The first kappa shape index (κ1) is 18.6. The minimum Gasteiger partial charge on any atom is -0.370 e. The molecule has 2 aromatic carbocycles. The molecule has 0 bridgehead atoms. The molecular formula is C22H29N2O2+. The van der Waals surface area contributed by atoms with E-state index in [1.807, 2.05) is 30.3 Å². The number of benzene rings is 2. The average molecular weight is 353 g/mol. The van der Waals surface area contributed by atoms with Crippen LogP contribution in [0.15, 0.2) is 48.5 Å². The molecule has 0 atom stereocenters. The Labute approximate surface area is 156 Å². The summed E-state index contributed by atoms with van der Waals surface area (Å²) in [5, 5.41) is 3.07. The van der Waals surface area contributed by atoms with Crippen LogP contribution in [-0.4, -0.2) is 32.2 Å². The lowest BCUT2D eigenvalue weighted by atomic mass is 10.0. The van der Waals surface area contributed by atoms with Gasteiger partial charge in [0.1, 0.15) is 19.6 Å². The van der Waals surface area contributed by atoms with Crippen molar-refractivity contribution < 1.29 is 14.4 Å². The molecule has 2 N–H and O–H groups in total. The molecule has 0 spiro atoms. The Morgan fingerprint density at radius 3 is 2.35 bits per heavy atom. The molecule has 1 aliphatic heterocycles. The minimum atomic E-state index is -0.0196. The Bertz CT molecular complexity index is 719. The normalized spacial score (nSPS) is 15.2. The van der Waals surface area contributed by atoms with Crippen LogP contribution in [0.2, 0.25) is 0 Å². The molecule has 1 fully saturated rings. The summed E-state index contributed by atoms with van der Waals surface area (Å²) in [6, 6.07) is 16.3. The summed E-state index contributed by atoms with van der Waals surface area (Å²) in [5.41, 5.74) is 4.46. The van der Waals surface area contributed by atoms with Gasteiger partial charge in [-0.2, -0.15) is 0 Å². The van der Waals surface area contributed by atoms with Crippen LogP contribution in [-0.2, 0) is 17.8 Å². The maximum absolute atomic E-state index is 12.5. The molecule has 3 rings (SSSR count). The summed E-state index contributed by atoms with van der Waals surface area (Å²) in [6.07, 6.45) is 0. The van der Waals surface area contributed by atoms with Crippen molar-refractivity contribution in [1.29, 1.82) is 0 Å². The number of nitrogens with one attached hydrogen (secondary N) is 2. The van der Waals surface area contributed by atoms with E-state index in [9.17, 15) is 4.79 Å². The highest BCUT2D eigenvalue weighted by atomic mass is 16.5. The van der Waals surface area contributed by atoms with Crippen LogP contribution in [0.1, 0.15) is 46.8 Å². The third-order valence-electron chi connectivity index (χ3n) is 5.04. The van der Waals surface area contributed by atoms with Gasteiger partial charge < -0.3 is 15.0 Å². The van der Waals surface area contributed by atoms with Gasteiger partial charge in [-0.15, -0.1) is 0 Å². The monoisotopic (exact) mass is 353 g/mol. The smallest absolute Gasteiger partial charge is 0.251 e. The summed E-state index contributed by atoms with van der Waals surface area (Å²) in [5.74, 6) is 0.454. The van der Waals surface area contributed by atoms with Crippen LogP contribution < -0.4 is 10.2 Å². The quantitative estimate of drug-likeness (QED) is 0.836. The first-order chi connectivity index (χ1) is 12.6. The van der Waals surface area contributed by atoms with Crippen molar-refractivity contribution in [3.8, 4) is 0 Å². The number of carbonyl (C=O) groups is 1. The fourth-order valence-electron chi connectivity index (χ4n) is 3.31. The minimum absolute atomic E-state index is 0.0196. The standard InChI is InChI=1S/C22H28N2O2/c1-17(2)18-7-9-19(10-8-18)22(25)23-15-20-5-3-4-6-21(20)16-24-11-13-26-14-12-24/h3-10,17H,11-16H2,1-2H3,(H,23,25)/p+1. The molecule has 0 unspecified atom stereocenters. The topological polar surface area (TPSA) is 42.8 Å². The predicted octanol–water partition coefficient (Wildman–Crippen LogP) is 2.16. The van der Waals surface area contributed by atoms with E-state index in [1.54, 1.807) is 4.90 Å². The summed E-state index contributed by atoms with van der Waals surface area (Å²) in [6.45, 7) is 9.61. The molecule has 4 heteroatoms. The number of ether oxygens (including phenoxy) is 1. The molecule has 0 aromatic heterocycles. The maximum atomic E-state index is 12.5. The number of amides is 1. The van der Waals surface area contributed by atoms with Crippen LogP contribution in [0.4, 0.5) is 0 Å². The van der Waals surface area contributed by atoms with E-state index in [-0.39, 0.29) is 5.91 Å². The molecular weight excluding hydrogens is 324 g/mol. The van der Waals surface area contributed by atoms with Gasteiger partial charge >= 0.3 is 0 Å². The van der Waals surface area contributed by atoms with Gasteiger partial charge in [0, 0.05) is 17.7 Å². The molecule has 4 nitrogen and oxygen atoms in total. The lowest BCUT2D eigenvalue weighted by molar-refractivity contribution is -0.921. The largest absolute Gasteiger partial charge is 0.370 e. The molecule has 26 heavy (non-hydrogen) atoms. The highest BCUT2D eigenvalue weighted by molar-refractivity contribution is 5.94. The Morgan fingerprint density at radius 2 is 1.69 bits per heavy atom. The first-order valence-corrected chi connectivity index (χ1v) is 9.49. The van der Waals surface area contributed by atoms with E-state index >= 15 is 0 Å². The number of morpholine rings is 1. The van der Waals surface area contributed by atoms with Gasteiger partial charge in [0.2, 0.25) is 0 Å². The lowest BCUT2D eigenvalue weighted by Gasteiger charge is -2.24. The number of hydrogen-bond donors (Lipinski definition) is 2. The van der Waals surface area contributed by atoms with Crippen molar-refractivity contribution in [2.75, 3.05) is 26.3 Å². The lowest BCUT2D eigenvalue weighted by Crippen LogP contribution is -3.12. The number of rotatable bonds is 6. The highest BCUT2D eigenvalue weighted by Crippen LogP contribution is 2.15. The summed E-state index contributed by atoms with van der Waals surface area (Å²) in [7, 11) is 0. The zero-order chi connectivity index (χ0) is 18.4.